The van der Waals surface area contributed by atoms with Crippen LogP contribution in [0.25, 0.3) is 0 Å². The average Bonchev–Trinajstić information content (AvgIpc) is 2.03. The Kier molecular flexibility index (Phi) is 3.33. The number of aromatic hydroxyl groups is 1. The Hall–Kier alpha value is -0.540. The van der Waals surface area contributed by atoms with Crippen molar-refractivity contribution in [1.29, 1.82) is 0 Å². The van der Waals surface area contributed by atoms with Crippen LogP contribution in [0.15, 0.2) is 22.7 Å². The van der Waals surface area contributed by atoms with Gasteiger partial charge in [-0.25, -0.2) is 0 Å². The van der Waals surface area contributed by atoms with Gasteiger partial charge in [0.15, 0.2) is 5.78 Å². The molecule has 2 nitrogen and oxygen atoms in total. The number of ketones is 1. The van der Waals surface area contributed by atoms with Crippen LogP contribution in [0.4, 0.5) is 0 Å². The standard InChI is InChI=1S/C9H8BrClO2/c1-5(11)9(13)7-3-2-6(10)4-8(7)12/h2-5,12H,1H3. The van der Waals surface area contributed by atoms with Crippen LogP contribution in [0.2, 0.25) is 0 Å². The van der Waals surface area contributed by atoms with E-state index >= 15 is 0 Å². The SMILES string of the molecule is CC(Cl)C(=O)c1ccc(Br)cc1O. The fourth-order valence-electron chi connectivity index (χ4n) is 0.927. The van der Waals surface area contributed by atoms with E-state index in [0.29, 0.717) is 0 Å². The van der Waals surface area contributed by atoms with Crippen LogP contribution in [0.1, 0.15) is 17.3 Å². The molecule has 0 amide bonds. The van der Waals surface area contributed by atoms with Crippen LogP contribution >= 0.6 is 27.5 Å². The molecule has 1 rings (SSSR count). The molecule has 1 aromatic carbocycles. The molecule has 0 bridgehead atoms. The lowest BCUT2D eigenvalue weighted by molar-refractivity contribution is 0.0989. The first kappa shape index (κ1) is 10.5. The highest BCUT2D eigenvalue weighted by Gasteiger charge is 2.15. The fraction of sp³-hybridized carbons (Fsp3) is 0.222. The number of hydrogen-bond acceptors (Lipinski definition) is 2. The number of carbonyl (C=O) groups excluding carboxylic acids is 1. The van der Waals surface area contributed by atoms with Gasteiger partial charge in [-0.15, -0.1) is 11.6 Å². The Labute approximate surface area is 89.7 Å². The quantitative estimate of drug-likeness (QED) is 0.658. The highest BCUT2D eigenvalue weighted by Crippen LogP contribution is 2.24. The van der Waals surface area contributed by atoms with Crippen LogP contribution in [0, 0.1) is 0 Å². The summed E-state index contributed by atoms with van der Waals surface area (Å²) in [6.07, 6.45) is 0. The first-order valence-electron chi connectivity index (χ1n) is 3.69. The molecular formula is C9H8BrClO2. The van der Waals surface area contributed by atoms with Crippen molar-refractivity contribution in [3.05, 3.63) is 28.2 Å². The molecule has 1 atom stereocenters. The molecule has 1 unspecified atom stereocenters. The topological polar surface area (TPSA) is 37.3 Å². The van der Waals surface area contributed by atoms with Crippen molar-refractivity contribution in [2.75, 3.05) is 0 Å². The Morgan fingerprint density at radius 2 is 2.23 bits per heavy atom. The van der Waals surface area contributed by atoms with Crippen LogP contribution in [0.3, 0.4) is 0 Å². The molecule has 0 radical (unpaired) electrons. The van der Waals surface area contributed by atoms with Crippen molar-refractivity contribution >= 4 is 33.3 Å². The number of carbonyl (C=O) groups is 1. The van der Waals surface area contributed by atoms with Gasteiger partial charge in [0.25, 0.3) is 0 Å². The molecule has 0 fully saturated rings. The van der Waals surface area contributed by atoms with Gasteiger partial charge in [0.05, 0.1) is 10.9 Å². The molecule has 1 aromatic rings. The number of Topliss-reactive ketones (excluding diaryl/α,β-unsaturated/α-hetero) is 1. The van der Waals surface area contributed by atoms with Gasteiger partial charge in [0.1, 0.15) is 5.75 Å². The molecule has 1 N–H and O–H groups in total. The van der Waals surface area contributed by atoms with Crippen LogP contribution < -0.4 is 0 Å². The van der Waals surface area contributed by atoms with E-state index in [4.69, 9.17) is 11.6 Å². The Morgan fingerprint density at radius 3 is 2.69 bits per heavy atom. The molecule has 0 aliphatic rings. The summed E-state index contributed by atoms with van der Waals surface area (Å²) in [7, 11) is 0. The minimum atomic E-state index is -0.618. The van der Waals surface area contributed by atoms with Gasteiger partial charge in [-0.1, -0.05) is 15.9 Å². The minimum Gasteiger partial charge on any atom is -0.507 e. The third-order valence-corrected chi connectivity index (χ3v) is 2.28. The number of rotatable bonds is 2. The molecule has 0 aliphatic carbocycles. The van der Waals surface area contributed by atoms with E-state index in [1.807, 2.05) is 0 Å². The molecule has 70 valence electrons. The molecule has 0 saturated heterocycles. The van der Waals surface area contributed by atoms with E-state index in [-0.39, 0.29) is 17.1 Å². The lowest BCUT2D eigenvalue weighted by Gasteiger charge is -2.04. The first-order valence-corrected chi connectivity index (χ1v) is 4.92. The molecule has 0 heterocycles. The second-order valence-corrected chi connectivity index (χ2v) is 4.21. The second-order valence-electron chi connectivity index (χ2n) is 2.64. The summed E-state index contributed by atoms with van der Waals surface area (Å²) >= 11 is 8.78. The van der Waals surface area contributed by atoms with E-state index in [2.05, 4.69) is 15.9 Å². The molecule has 0 aliphatic heterocycles. The number of alkyl halides is 1. The lowest BCUT2D eigenvalue weighted by atomic mass is 10.1. The van der Waals surface area contributed by atoms with Gasteiger partial charge in [-0.05, 0) is 25.1 Å². The number of phenolic OH excluding ortho intramolecular Hbond substituents is 1. The summed E-state index contributed by atoms with van der Waals surface area (Å²) in [4.78, 5) is 11.4. The number of phenols is 1. The molecule has 4 heteroatoms. The van der Waals surface area contributed by atoms with Gasteiger partial charge in [0, 0.05) is 4.47 Å². The van der Waals surface area contributed by atoms with Crippen molar-refractivity contribution in [3.63, 3.8) is 0 Å². The van der Waals surface area contributed by atoms with E-state index in [9.17, 15) is 9.90 Å². The smallest absolute Gasteiger partial charge is 0.184 e. The lowest BCUT2D eigenvalue weighted by Crippen LogP contribution is -2.10. The molecule has 0 saturated carbocycles. The Balaban J connectivity index is 3.09. The molecule has 0 aromatic heterocycles. The predicted molar refractivity (Wildman–Crippen MR) is 55.5 cm³/mol. The Morgan fingerprint density at radius 1 is 1.62 bits per heavy atom. The summed E-state index contributed by atoms with van der Waals surface area (Å²) in [6, 6.07) is 4.69. The summed E-state index contributed by atoms with van der Waals surface area (Å²) in [5.74, 6) is -0.321. The van der Waals surface area contributed by atoms with Crippen molar-refractivity contribution in [2.24, 2.45) is 0 Å². The maximum Gasteiger partial charge on any atom is 0.184 e. The fourth-order valence-corrected chi connectivity index (χ4v) is 1.39. The van der Waals surface area contributed by atoms with Gasteiger partial charge >= 0.3 is 0 Å². The second kappa shape index (κ2) is 4.11. The zero-order valence-corrected chi connectivity index (χ0v) is 9.26. The van der Waals surface area contributed by atoms with E-state index < -0.39 is 5.38 Å². The van der Waals surface area contributed by atoms with E-state index in [1.54, 1.807) is 19.1 Å². The van der Waals surface area contributed by atoms with Crippen molar-refractivity contribution < 1.29 is 9.90 Å². The van der Waals surface area contributed by atoms with Crippen LogP contribution in [-0.4, -0.2) is 16.3 Å². The van der Waals surface area contributed by atoms with Crippen molar-refractivity contribution in [1.82, 2.24) is 0 Å². The minimum absolute atomic E-state index is 0.0492. The maximum atomic E-state index is 11.4. The molecule has 0 spiro atoms. The normalized spacial score (nSPS) is 12.5. The zero-order valence-electron chi connectivity index (χ0n) is 6.92. The van der Waals surface area contributed by atoms with Gasteiger partial charge in [0.2, 0.25) is 0 Å². The van der Waals surface area contributed by atoms with E-state index in [1.165, 1.54) is 6.07 Å². The monoisotopic (exact) mass is 262 g/mol. The highest BCUT2D eigenvalue weighted by molar-refractivity contribution is 9.10. The molecular weight excluding hydrogens is 255 g/mol. The summed E-state index contributed by atoms with van der Waals surface area (Å²) in [5, 5.41) is 8.78. The van der Waals surface area contributed by atoms with E-state index in [0.717, 1.165) is 4.47 Å². The first-order chi connectivity index (χ1) is 6.02. The van der Waals surface area contributed by atoms with Gasteiger partial charge in [-0.3, -0.25) is 4.79 Å². The summed E-state index contributed by atoms with van der Waals surface area (Å²) < 4.78 is 0.726. The summed E-state index contributed by atoms with van der Waals surface area (Å²) in [6.45, 7) is 1.57. The number of benzene rings is 1. The summed E-state index contributed by atoms with van der Waals surface area (Å²) in [5.41, 5.74) is 0.255. The van der Waals surface area contributed by atoms with Gasteiger partial charge in [-0.2, -0.15) is 0 Å². The Bertz CT molecular complexity index is 336. The highest BCUT2D eigenvalue weighted by atomic mass is 79.9. The number of hydrogen-bond donors (Lipinski definition) is 1. The average molecular weight is 264 g/mol. The third-order valence-electron chi connectivity index (χ3n) is 1.59. The third kappa shape index (κ3) is 2.45. The van der Waals surface area contributed by atoms with Crippen LogP contribution in [0.5, 0.6) is 5.75 Å². The predicted octanol–water partition coefficient (Wildman–Crippen LogP) is 2.96. The molecule has 13 heavy (non-hydrogen) atoms. The van der Waals surface area contributed by atoms with Crippen LogP contribution in [-0.2, 0) is 0 Å². The van der Waals surface area contributed by atoms with Gasteiger partial charge < -0.3 is 5.11 Å². The van der Waals surface area contributed by atoms with Crippen molar-refractivity contribution in [3.8, 4) is 5.75 Å². The zero-order chi connectivity index (χ0) is 10.0. The largest absolute Gasteiger partial charge is 0.507 e. The van der Waals surface area contributed by atoms with Crippen molar-refractivity contribution in [2.45, 2.75) is 12.3 Å². The number of halogens is 2. The maximum absolute atomic E-state index is 11.4.